The van der Waals surface area contributed by atoms with Crippen LogP contribution in [0.2, 0.25) is 0 Å². The fraction of sp³-hybridized carbons (Fsp3) is 0.353. The first-order valence-corrected chi connectivity index (χ1v) is 16.7. The van der Waals surface area contributed by atoms with Crippen LogP contribution in [0.4, 0.5) is 4.39 Å². The van der Waals surface area contributed by atoms with Gasteiger partial charge in [0.25, 0.3) is 5.91 Å². The van der Waals surface area contributed by atoms with Gasteiger partial charge in [-0.25, -0.2) is 22.9 Å². The predicted molar refractivity (Wildman–Crippen MR) is 174 cm³/mol. The summed E-state index contributed by atoms with van der Waals surface area (Å²) in [7, 11) is -3.81. The van der Waals surface area contributed by atoms with Crippen LogP contribution in [0.3, 0.4) is 0 Å². The number of aliphatic hydroxyl groups excluding tert-OH is 1. The number of nitrogens with two attached hydrogens (primary N) is 1. The van der Waals surface area contributed by atoms with E-state index in [0.29, 0.717) is 17.5 Å². The smallest absolute Gasteiger partial charge is 0.271 e. The quantitative estimate of drug-likeness (QED) is 0.152. The van der Waals surface area contributed by atoms with Gasteiger partial charge in [0, 0.05) is 12.5 Å². The van der Waals surface area contributed by atoms with Crippen LogP contribution in [0.25, 0.3) is 11.0 Å². The number of amides is 2. The summed E-state index contributed by atoms with van der Waals surface area (Å²) in [6.07, 6.45) is 1.18. The zero-order valence-electron chi connectivity index (χ0n) is 25.9. The maximum absolute atomic E-state index is 14.5. The molecule has 10 nitrogen and oxygen atoms in total. The molecule has 0 unspecified atom stereocenters. The Morgan fingerprint density at radius 1 is 0.957 bits per heavy atom. The summed E-state index contributed by atoms with van der Waals surface area (Å²) in [5, 5.41) is 22.4. The molecule has 0 radical (unpaired) electrons. The van der Waals surface area contributed by atoms with E-state index in [0.717, 1.165) is 11.1 Å². The summed E-state index contributed by atoms with van der Waals surface area (Å²) in [5.74, 6) is -1.61. The summed E-state index contributed by atoms with van der Waals surface area (Å²) >= 11 is 0. The number of aliphatic hydroxyl groups is 1. The van der Waals surface area contributed by atoms with Crippen LogP contribution in [0.5, 0.6) is 0 Å². The molecule has 0 saturated carbocycles. The van der Waals surface area contributed by atoms with Crippen LogP contribution in [0.15, 0.2) is 90.0 Å². The van der Waals surface area contributed by atoms with Crippen LogP contribution < -0.4 is 15.8 Å². The Labute approximate surface area is 268 Å². The minimum absolute atomic E-state index is 0.00650. The van der Waals surface area contributed by atoms with Gasteiger partial charge in [-0.15, -0.1) is 0 Å². The first-order valence-electron chi connectivity index (χ1n) is 15.1. The highest BCUT2D eigenvalue weighted by atomic mass is 32.2. The van der Waals surface area contributed by atoms with E-state index in [1.54, 1.807) is 30.3 Å². The van der Waals surface area contributed by atoms with E-state index in [1.165, 1.54) is 32.2 Å². The molecule has 2 amide bonds. The van der Waals surface area contributed by atoms with Crippen LogP contribution in [-0.2, 0) is 27.7 Å². The second-order valence-corrected chi connectivity index (χ2v) is 13.6. The molecule has 4 rings (SSSR count). The number of aromatic nitrogens is 2. The van der Waals surface area contributed by atoms with E-state index >= 15 is 0 Å². The van der Waals surface area contributed by atoms with Gasteiger partial charge in [-0.05, 0) is 81.3 Å². The van der Waals surface area contributed by atoms with Gasteiger partial charge in [-0.2, -0.15) is 0 Å². The molecule has 4 aromatic rings. The lowest BCUT2D eigenvalue weighted by Crippen LogP contribution is -2.47. The number of hydrogen-bond acceptors (Lipinski definition) is 7. The predicted octanol–water partition coefficient (Wildman–Crippen LogP) is 3.87. The third kappa shape index (κ3) is 10.4. The van der Waals surface area contributed by atoms with E-state index in [2.05, 4.69) is 20.6 Å². The number of alkyl halides is 1. The summed E-state index contributed by atoms with van der Waals surface area (Å²) in [6, 6.07) is 21.8. The number of fused-ring (bicyclic) bond motifs is 1. The number of halogens is 1. The van der Waals surface area contributed by atoms with Crippen LogP contribution >= 0.6 is 0 Å². The standard InChI is InChI=1S/C34H40FN5O5S/c1-34(2,35)18-16-25(32(42)37-19-17-23-12-14-26(15-13-23)46(36,44)45)21-31(41)29(20-24-8-4-3-5-9-24)40-33(43)30-22-38-27-10-6-7-11-28(27)39-30/h3-15,22,25,29,31,41H,16-21H2,1-2H3,(H,37,42)(H,40,43)(H2,36,44,45)/t25-,29+,31+/m1/s1. The molecule has 0 saturated heterocycles. The molecule has 1 heterocycles. The van der Waals surface area contributed by atoms with Crippen molar-refractivity contribution in [3.05, 3.63) is 102 Å². The van der Waals surface area contributed by atoms with Crippen molar-refractivity contribution in [2.45, 2.75) is 68.7 Å². The van der Waals surface area contributed by atoms with E-state index < -0.39 is 39.7 Å². The number of nitrogens with zero attached hydrogens (tertiary/aromatic N) is 2. The minimum atomic E-state index is -3.81. The fourth-order valence-electron chi connectivity index (χ4n) is 5.11. The highest BCUT2D eigenvalue weighted by Crippen LogP contribution is 2.25. The van der Waals surface area contributed by atoms with Crippen molar-refractivity contribution in [2.75, 3.05) is 6.54 Å². The summed E-state index contributed by atoms with van der Waals surface area (Å²) < 4.78 is 37.6. The molecule has 1 aromatic heterocycles. The Kier molecular flexibility index (Phi) is 11.5. The highest BCUT2D eigenvalue weighted by Gasteiger charge is 2.30. The van der Waals surface area contributed by atoms with Gasteiger partial charge in [0.2, 0.25) is 15.9 Å². The Morgan fingerprint density at radius 2 is 1.61 bits per heavy atom. The second-order valence-electron chi connectivity index (χ2n) is 12.0. The number of carbonyl (C=O) groups is 2. The third-order valence-electron chi connectivity index (χ3n) is 7.71. The molecule has 46 heavy (non-hydrogen) atoms. The number of rotatable bonds is 15. The monoisotopic (exact) mass is 649 g/mol. The lowest BCUT2D eigenvalue weighted by Gasteiger charge is -2.28. The molecule has 0 bridgehead atoms. The molecule has 244 valence electrons. The largest absolute Gasteiger partial charge is 0.391 e. The van der Waals surface area contributed by atoms with Gasteiger partial charge in [-0.1, -0.05) is 54.6 Å². The Hall–Kier alpha value is -4.26. The Bertz CT molecular complexity index is 1730. The van der Waals surface area contributed by atoms with Gasteiger partial charge in [0.1, 0.15) is 11.4 Å². The molecule has 0 aliphatic carbocycles. The molecule has 3 aromatic carbocycles. The zero-order chi connectivity index (χ0) is 33.3. The van der Waals surface area contributed by atoms with E-state index in [1.807, 2.05) is 36.4 Å². The molecule has 0 aliphatic heterocycles. The van der Waals surface area contributed by atoms with Gasteiger partial charge < -0.3 is 15.7 Å². The van der Waals surface area contributed by atoms with Gasteiger partial charge in [0.05, 0.1) is 34.3 Å². The van der Waals surface area contributed by atoms with E-state index in [9.17, 15) is 27.5 Å². The zero-order valence-corrected chi connectivity index (χ0v) is 26.7. The number of carbonyl (C=O) groups excluding carboxylic acids is 2. The van der Waals surface area contributed by atoms with Crippen molar-refractivity contribution in [3.63, 3.8) is 0 Å². The molecule has 0 spiro atoms. The summed E-state index contributed by atoms with van der Waals surface area (Å²) in [4.78, 5) is 35.4. The van der Waals surface area contributed by atoms with Crippen molar-refractivity contribution in [3.8, 4) is 0 Å². The number of primary sulfonamides is 1. The molecule has 3 atom stereocenters. The number of nitrogens with one attached hydrogen (secondary N) is 2. The second kappa shape index (κ2) is 15.4. The molecule has 12 heteroatoms. The minimum Gasteiger partial charge on any atom is -0.391 e. The number of para-hydroxylation sites is 2. The van der Waals surface area contributed by atoms with Crippen molar-refractivity contribution in [1.29, 1.82) is 0 Å². The molecular formula is C34H40FN5O5S. The maximum atomic E-state index is 14.5. The fourth-order valence-corrected chi connectivity index (χ4v) is 5.63. The van der Waals surface area contributed by atoms with Crippen LogP contribution in [0, 0.1) is 5.92 Å². The molecule has 0 fully saturated rings. The number of sulfonamides is 1. The molecular weight excluding hydrogens is 609 g/mol. The van der Waals surface area contributed by atoms with E-state index in [-0.39, 0.29) is 48.7 Å². The lowest BCUT2D eigenvalue weighted by molar-refractivity contribution is -0.126. The first kappa shape index (κ1) is 34.6. The van der Waals surface area contributed by atoms with Crippen LogP contribution in [0.1, 0.15) is 54.7 Å². The van der Waals surface area contributed by atoms with Crippen molar-refractivity contribution in [1.82, 2.24) is 20.6 Å². The Balaban J connectivity index is 1.47. The normalized spacial score (nSPS) is 13.9. The SMILES string of the molecule is CC(C)(F)CC[C@H](C[C@H](O)[C@H](Cc1ccccc1)NC(=O)c1cnc2ccccc2n1)C(=O)NCCc1ccc(S(N)(=O)=O)cc1. The van der Waals surface area contributed by atoms with Crippen molar-refractivity contribution in [2.24, 2.45) is 11.1 Å². The third-order valence-corrected chi connectivity index (χ3v) is 8.64. The van der Waals surface area contributed by atoms with Gasteiger partial charge in [0.15, 0.2) is 0 Å². The lowest BCUT2D eigenvalue weighted by atomic mass is 9.87. The summed E-state index contributed by atoms with van der Waals surface area (Å²) in [5.41, 5.74) is 1.43. The highest BCUT2D eigenvalue weighted by molar-refractivity contribution is 7.89. The van der Waals surface area contributed by atoms with Gasteiger partial charge >= 0.3 is 0 Å². The first-order chi connectivity index (χ1) is 21.8. The van der Waals surface area contributed by atoms with Crippen LogP contribution in [-0.4, -0.2) is 59.7 Å². The van der Waals surface area contributed by atoms with Gasteiger partial charge in [-0.3, -0.25) is 14.6 Å². The van der Waals surface area contributed by atoms with Crippen molar-refractivity contribution >= 4 is 32.9 Å². The molecule has 0 aliphatic rings. The number of hydrogen-bond donors (Lipinski definition) is 4. The summed E-state index contributed by atoms with van der Waals surface area (Å²) in [6.45, 7) is 3.11. The van der Waals surface area contributed by atoms with E-state index in [4.69, 9.17) is 5.14 Å². The average molecular weight is 650 g/mol. The Morgan fingerprint density at radius 3 is 2.26 bits per heavy atom. The van der Waals surface area contributed by atoms with Crippen molar-refractivity contribution < 1.29 is 27.5 Å². The molecule has 5 N–H and O–H groups in total. The number of benzene rings is 3. The average Bonchev–Trinajstić information content (AvgIpc) is 3.02. The topological polar surface area (TPSA) is 164 Å². The maximum Gasteiger partial charge on any atom is 0.271 e.